The van der Waals surface area contributed by atoms with Crippen LogP contribution in [0.3, 0.4) is 0 Å². The molecule has 0 radical (unpaired) electrons. The van der Waals surface area contributed by atoms with Crippen molar-refractivity contribution < 1.29 is 0 Å². The minimum Gasteiger partial charge on any atom is -0.287 e. The Morgan fingerprint density at radius 1 is 1.38 bits per heavy atom. The maximum atomic E-state index is 11.6. The molecule has 0 bridgehead atoms. The molecule has 0 spiro atoms. The maximum absolute atomic E-state index is 11.6. The molecule has 0 amide bonds. The molecule has 4 heteroatoms. The number of benzene rings is 1. The first kappa shape index (κ1) is 8.39. The molecule has 0 saturated heterocycles. The first-order valence-electron chi connectivity index (χ1n) is 3.94. The van der Waals surface area contributed by atoms with Gasteiger partial charge in [0.1, 0.15) is 5.69 Å². The van der Waals surface area contributed by atoms with E-state index in [1.54, 1.807) is 11.4 Å². The van der Waals surface area contributed by atoms with Crippen molar-refractivity contribution in [2.24, 2.45) is 0 Å². The molecular formula is C9H9N2OP. The number of nitrogens with zero attached hydrogens (tertiary/aromatic N) is 2. The Hall–Kier alpha value is -1.21. The summed E-state index contributed by atoms with van der Waals surface area (Å²) in [6.07, 6.45) is 0. The summed E-state index contributed by atoms with van der Waals surface area (Å²) in [7, 11) is 2.47. The predicted octanol–water partition coefficient (Wildman–Crippen LogP) is 1.34. The molecule has 0 aliphatic rings. The van der Waals surface area contributed by atoms with E-state index in [0.29, 0.717) is 11.1 Å². The zero-order valence-corrected chi connectivity index (χ0v) is 8.34. The fourth-order valence-electron chi connectivity index (χ4n) is 1.32. The van der Waals surface area contributed by atoms with Gasteiger partial charge in [0, 0.05) is 5.39 Å². The van der Waals surface area contributed by atoms with E-state index in [9.17, 15) is 4.79 Å². The summed E-state index contributed by atoms with van der Waals surface area (Å²) in [4.78, 5) is 11.6. The van der Waals surface area contributed by atoms with Crippen molar-refractivity contribution in [2.75, 3.05) is 0 Å². The van der Waals surface area contributed by atoms with Crippen LogP contribution < -0.4 is 5.43 Å². The lowest BCUT2D eigenvalue weighted by molar-refractivity contribution is 0.948. The van der Waals surface area contributed by atoms with Gasteiger partial charge in [-0.05, 0) is 28.4 Å². The molecule has 1 unspecified atom stereocenters. The van der Waals surface area contributed by atoms with Gasteiger partial charge in [-0.25, -0.2) is 0 Å². The van der Waals surface area contributed by atoms with E-state index in [4.69, 9.17) is 0 Å². The van der Waals surface area contributed by atoms with E-state index in [1.165, 1.54) is 0 Å². The molecule has 0 N–H and O–H groups in total. The van der Waals surface area contributed by atoms with Gasteiger partial charge in [0.25, 0.3) is 0 Å². The second-order valence-electron chi connectivity index (χ2n) is 2.88. The minimum absolute atomic E-state index is 0.00861. The highest BCUT2D eigenvalue weighted by Crippen LogP contribution is 2.10. The van der Waals surface area contributed by atoms with Crippen LogP contribution in [0, 0.1) is 6.92 Å². The molecule has 1 aromatic heterocycles. The van der Waals surface area contributed by atoms with E-state index in [-0.39, 0.29) is 5.43 Å². The Morgan fingerprint density at radius 2 is 2.08 bits per heavy atom. The van der Waals surface area contributed by atoms with Gasteiger partial charge in [0.15, 0.2) is 0 Å². The molecule has 2 aromatic rings. The molecule has 2 rings (SSSR count). The van der Waals surface area contributed by atoms with Gasteiger partial charge >= 0.3 is 0 Å². The van der Waals surface area contributed by atoms with E-state index < -0.39 is 0 Å². The van der Waals surface area contributed by atoms with Crippen LogP contribution in [0.4, 0.5) is 0 Å². The smallest absolute Gasteiger partial charge is 0.210 e. The Kier molecular flexibility index (Phi) is 1.89. The monoisotopic (exact) mass is 192 g/mol. The molecule has 13 heavy (non-hydrogen) atoms. The quantitative estimate of drug-likeness (QED) is 0.590. The number of aromatic nitrogens is 2. The second kappa shape index (κ2) is 2.93. The van der Waals surface area contributed by atoms with Crippen LogP contribution in [0.1, 0.15) is 5.69 Å². The molecule has 1 atom stereocenters. The molecule has 0 aliphatic heterocycles. The summed E-state index contributed by atoms with van der Waals surface area (Å²) in [5.74, 6) is 0. The summed E-state index contributed by atoms with van der Waals surface area (Å²) >= 11 is 0. The van der Waals surface area contributed by atoms with E-state index in [2.05, 4.69) is 14.5 Å². The highest BCUT2D eigenvalue weighted by molar-refractivity contribution is 7.14. The lowest BCUT2D eigenvalue weighted by Gasteiger charge is -2.03. The Bertz CT molecular complexity index is 518. The number of rotatable bonds is 0. The largest absolute Gasteiger partial charge is 0.287 e. The van der Waals surface area contributed by atoms with Gasteiger partial charge in [-0.2, -0.15) is 5.10 Å². The lowest BCUT2D eigenvalue weighted by atomic mass is 10.2. The Morgan fingerprint density at radius 3 is 2.85 bits per heavy atom. The molecule has 0 aliphatic carbocycles. The average molecular weight is 192 g/mol. The SMILES string of the molecule is Cc1nn(P)c2ccccc2c1=O. The first-order valence-corrected chi connectivity index (χ1v) is 4.45. The highest BCUT2D eigenvalue weighted by Gasteiger charge is 2.03. The summed E-state index contributed by atoms with van der Waals surface area (Å²) in [6.45, 7) is 1.72. The minimum atomic E-state index is 0.00861. The summed E-state index contributed by atoms with van der Waals surface area (Å²) in [6, 6.07) is 7.43. The fraction of sp³-hybridized carbons (Fsp3) is 0.111. The van der Waals surface area contributed by atoms with Crippen LogP contribution in [0.2, 0.25) is 0 Å². The van der Waals surface area contributed by atoms with Crippen molar-refractivity contribution in [2.45, 2.75) is 6.92 Å². The molecule has 0 saturated carbocycles. The van der Waals surface area contributed by atoms with Gasteiger partial charge in [0.2, 0.25) is 5.43 Å². The van der Waals surface area contributed by atoms with E-state index in [0.717, 1.165) is 5.52 Å². The highest BCUT2D eigenvalue weighted by atomic mass is 31.0. The van der Waals surface area contributed by atoms with Crippen molar-refractivity contribution in [3.05, 3.63) is 40.2 Å². The van der Waals surface area contributed by atoms with Crippen LogP contribution in [0.15, 0.2) is 29.1 Å². The second-order valence-corrected chi connectivity index (χ2v) is 3.37. The molecule has 1 aromatic carbocycles. The molecule has 1 heterocycles. The van der Waals surface area contributed by atoms with Crippen LogP contribution in [-0.4, -0.2) is 9.55 Å². The molecule has 0 fully saturated rings. The Labute approximate surface area is 77.6 Å². The maximum Gasteiger partial charge on any atom is 0.210 e. The van der Waals surface area contributed by atoms with Crippen LogP contribution in [0.5, 0.6) is 0 Å². The average Bonchev–Trinajstić information content (AvgIpc) is 2.15. The topological polar surface area (TPSA) is 34.9 Å². The van der Waals surface area contributed by atoms with Gasteiger partial charge in [-0.3, -0.25) is 9.25 Å². The molecule has 3 nitrogen and oxygen atoms in total. The van der Waals surface area contributed by atoms with Crippen molar-refractivity contribution >= 4 is 20.3 Å². The predicted molar refractivity (Wildman–Crippen MR) is 55.8 cm³/mol. The lowest BCUT2D eigenvalue weighted by Crippen LogP contribution is -2.12. The first-order chi connectivity index (χ1) is 6.20. The zero-order chi connectivity index (χ0) is 9.42. The number of para-hydroxylation sites is 1. The third-order valence-electron chi connectivity index (χ3n) is 1.98. The van der Waals surface area contributed by atoms with Gasteiger partial charge < -0.3 is 0 Å². The zero-order valence-electron chi connectivity index (χ0n) is 7.19. The third kappa shape index (κ3) is 1.25. The van der Waals surface area contributed by atoms with Crippen molar-refractivity contribution in [3.63, 3.8) is 0 Å². The van der Waals surface area contributed by atoms with Crippen LogP contribution in [-0.2, 0) is 0 Å². The number of fused-ring (bicyclic) bond motifs is 1. The van der Waals surface area contributed by atoms with E-state index >= 15 is 0 Å². The fourth-order valence-corrected chi connectivity index (χ4v) is 1.72. The third-order valence-corrected chi connectivity index (χ3v) is 2.38. The van der Waals surface area contributed by atoms with Crippen LogP contribution in [0.25, 0.3) is 10.9 Å². The standard InChI is InChI=1S/C9H9N2OP/c1-6-9(12)7-4-2-3-5-8(7)11(13)10-6/h2-5H,13H2,1H3. The van der Waals surface area contributed by atoms with Crippen LogP contribution >= 0.6 is 9.39 Å². The normalized spacial score (nSPS) is 10.6. The Balaban J connectivity index is 3.06. The van der Waals surface area contributed by atoms with E-state index in [1.807, 2.05) is 24.3 Å². The van der Waals surface area contributed by atoms with Gasteiger partial charge in [0.05, 0.1) is 5.52 Å². The number of hydrogen-bond acceptors (Lipinski definition) is 2. The van der Waals surface area contributed by atoms with Gasteiger partial charge in [-0.1, -0.05) is 12.1 Å². The van der Waals surface area contributed by atoms with Crippen molar-refractivity contribution in [3.8, 4) is 0 Å². The number of aryl methyl sites for hydroxylation is 1. The summed E-state index contributed by atoms with van der Waals surface area (Å²) in [5.41, 5.74) is 1.37. The summed E-state index contributed by atoms with van der Waals surface area (Å²) < 4.78 is 1.64. The molecule has 66 valence electrons. The van der Waals surface area contributed by atoms with Crippen molar-refractivity contribution in [1.82, 2.24) is 9.55 Å². The number of hydrogen-bond donors (Lipinski definition) is 0. The van der Waals surface area contributed by atoms with Crippen molar-refractivity contribution in [1.29, 1.82) is 0 Å². The summed E-state index contributed by atoms with van der Waals surface area (Å²) in [5, 5.41) is 4.78. The molecular weight excluding hydrogens is 183 g/mol. The van der Waals surface area contributed by atoms with Gasteiger partial charge in [-0.15, -0.1) is 0 Å².